The van der Waals surface area contributed by atoms with Crippen molar-refractivity contribution in [3.8, 4) is 5.75 Å². The summed E-state index contributed by atoms with van der Waals surface area (Å²) in [5.74, 6) is -1.08. The molecule has 0 radical (unpaired) electrons. The lowest BCUT2D eigenvalue weighted by Gasteiger charge is -2.20. The molecule has 31 heavy (non-hydrogen) atoms. The van der Waals surface area contributed by atoms with Crippen molar-refractivity contribution in [2.45, 2.75) is 19.9 Å². The van der Waals surface area contributed by atoms with Crippen LogP contribution in [0.15, 0.2) is 53.6 Å². The zero-order valence-corrected chi connectivity index (χ0v) is 18.2. The lowest BCUT2D eigenvalue weighted by molar-refractivity contribution is -0.142. The highest BCUT2D eigenvalue weighted by atomic mass is 35.5. The third kappa shape index (κ3) is 7.75. The number of benzene rings is 2. The molecule has 1 atom stereocenters. The molecule has 0 fully saturated rings. The summed E-state index contributed by atoms with van der Waals surface area (Å²) in [6.07, 6.45) is 1.43. The summed E-state index contributed by atoms with van der Waals surface area (Å²) in [6.45, 7) is 3.42. The minimum Gasteiger partial charge on any atom is -0.482 e. The van der Waals surface area contributed by atoms with Crippen LogP contribution in [-0.4, -0.2) is 43.8 Å². The number of halogens is 1. The Hall–Kier alpha value is -3.39. The summed E-state index contributed by atoms with van der Waals surface area (Å²) < 4.78 is 9.83. The van der Waals surface area contributed by atoms with Gasteiger partial charge >= 0.3 is 5.97 Å². The molecule has 0 aliphatic carbocycles. The van der Waals surface area contributed by atoms with Gasteiger partial charge in [-0.1, -0.05) is 43.6 Å². The molecule has 1 unspecified atom stereocenters. The Morgan fingerprint density at radius 3 is 2.55 bits per heavy atom. The first kappa shape index (κ1) is 23.9. The monoisotopic (exact) mass is 445 g/mol. The van der Waals surface area contributed by atoms with Crippen molar-refractivity contribution in [1.29, 1.82) is 0 Å². The number of hydrogen-bond acceptors (Lipinski definition) is 6. The van der Waals surface area contributed by atoms with E-state index in [-0.39, 0.29) is 12.5 Å². The Morgan fingerprint density at radius 2 is 1.87 bits per heavy atom. The minimum atomic E-state index is -0.793. The molecule has 8 nitrogen and oxygen atoms in total. The van der Waals surface area contributed by atoms with Crippen LogP contribution in [0, 0.1) is 5.92 Å². The first-order chi connectivity index (χ1) is 14.8. The van der Waals surface area contributed by atoms with E-state index in [4.69, 9.17) is 16.3 Å². The van der Waals surface area contributed by atoms with E-state index >= 15 is 0 Å². The predicted molar refractivity (Wildman–Crippen MR) is 117 cm³/mol. The van der Waals surface area contributed by atoms with Gasteiger partial charge in [0.15, 0.2) is 6.61 Å². The number of hydrogen-bond donors (Lipinski definition) is 2. The Labute approximate surface area is 185 Å². The van der Waals surface area contributed by atoms with Gasteiger partial charge in [-0.15, -0.1) is 0 Å². The molecular weight excluding hydrogens is 422 g/mol. The Morgan fingerprint density at radius 1 is 1.13 bits per heavy atom. The number of carbonyl (C=O) groups is 3. The van der Waals surface area contributed by atoms with Gasteiger partial charge in [-0.2, -0.15) is 5.10 Å². The number of amides is 2. The van der Waals surface area contributed by atoms with Crippen LogP contribution in [0.5, 0.6) is 5.75 Å². The highest BCUT2D eigenvalue weighted by molar-refractivity contribution is 6.31. The van der Waals surface area contributed by atoms with Crippen molar-refractivity contribution < 1.29 is 23.9 Å². The van der Waals surface area contributed by atoms with E-state index in [9.17, 15) is 14.4 Å². The summed E-state index contributed by atoms with van der Waals surface area (Å²) in [5, 5.41) is 7.08. The molecular formula is C22H24ClN3O5. The van der Waals surface area contributed by atoms with Gasteiger partial charge < -0.3 is 14.8 Å². The highest BCUT2D eigenvalue weighted by Gasteiger charge is 2.24. The fourth-order valence-corrected chi connectivity index (χ4v) is 2.71. The number of carbonyl (C=O) groups excluding carboxylic acids is 3. The third-order valence-electron chi connectivity index (χ3n) is 4.15. The topological polar surface area (TPSA) is 106 Å². The van der Waals surface area contributed by atoms with Crippen LogP contribution in [-0.2, 0) is 14.3 Å². The lowest BCUT2D eigenvalue weighted by atomic mass is 10.0. The fraction of sp³-hybridized carbons (Fsp3) is 0.273. The Kier molecular flexibility index (Phi) is 9.02. The summed E-state index contributed by atoms with van der Waals surface area (Å²) in [4.78, 5) is 36.2. The summed E-state index contributed by atoms with van der Waals surface area (Å²) in [7, 11) is 1.28. The zero-order valence-electron chi connectivity index (χ0n) is 17.4. The maximum Gasteiger partial charge on any atom is 0.343 e. The van der Waals surface area contributed by atoms with E-state index in [0.29, 0.717) is 21.9 Å². The van der Waals surface area contributed by atoms with E-state index in [0.717, 1.165) is 0 Å². The van der Waals surface area contributed by atoms with Gasteiger partial charge in [-0.25, -0.2) is 10.2 Å². The molecule has 0 aliphatic heterocycles. The largest absolute Gasteiger partial charge is 0.482 e. The Balaban J connectivity index is 1.97. The van der Waals surface area contributed by atoms with Crippen LogP contribution in [0.4, 0.5) is 0 Å². The molecule has 9 heteroatoms. The molecule has 2 aromatic carbocycles. The van der Waals surface area contributed by atoms with E-state index in [2.05, 4.69) is 20.6 Å². The van der Waals surface area contributed by atoms with Gasteiger partial charge in [0.05, 0.1) is 13.3 Å². The molecule has 164 valence electrons. The average molecular weight is 446 g/mol. The van der Waals surface area contributed by atoms with Gasteiger partial charge in [0.1, 0.15) is 11.8 Å². The van der Waals surface area contributed by atoms with Crippen molar-refractivity contribution >= 4 is 35.6 Å². The lowest BCUT2D eigenvalue weighted by Crippen LogP contribution is -2.48. The van der Waals surface area contributed by atoms with Crippen LogP contribution in [0.3, 0.4) is 0 Å². The number of rotatable bonds is 9. The number of nitrogens with zero attached hydrogens (tertiary/aromatic N) is 1. The molecule has 0 heterocycles. The molecule has 0 saturated carbocycles. The minimum absolute atomic E-state index is 0.173. The summed E-state index contributed by atoms with van der Waals surface area (Å²) in [5.41, 5.74) is 3.44. The highest BCUT2D eigenvalue weighted by Crippen LogP contribution is 2.13. The quantitative estimate of drug-likeness (QED) is 0.350. The second-order valence-electron chi connectivity index (χ2n) is 6.88. The number of methoxy groups -OCH3 is 1. The molecule has 2 aromatic rings. The van der Waals surface area contributed by atoms with Crippen molar-refractivity contribution in [1.82, 2.24) is 10.7 Å². The molecule has 0 aromatic heterocycles. The zero-order chi connectivity index (χ0) is 22.8. The number of nitrogens with one attached hydrogen (secondary N) is 2. The Bertz CT molecular complexity index is 962. The smallest absolute Gasteiger partial charge is 0.343 e. The van der Waals surface area contributed by atoms with Crippen molar-refractivity contribution in [3.05, 3.63) is 64.7 Å². The van der Waals surface area contributed by atoms with Crippen LogP contribution in [0.25, 0.3) is 0 Å². The SMILES string of the molecule is COC(=O)COc1cccc(C=NNC(=O)C(NC(=O)c2cccc(Cl)c2)C(C)C)c1. The van der Waals surface area contributed by atoms with Crippen LogP contribution in [0.1, 0.15) is 29.8 Å². The maximum absolute atomic E-state index is 12.5. The van der Waals surface area contributed by atoms with E-state index in [1.165, 1.54) is 19.4 Å². The fourth-order valence-electron chi connectivity index (χ4n) is 2.52. The number of ether oxygens (including phenoxy) is 2. The number of esters is 1. The van der Waals surface area contributed by atoms with Crippen LogP contribution in [0.2, 0.25) is 5.02 Å². The molecule has 2 N–H and O–H groups in total. The van der Waals surface area contributed by atoms with Gasteiger partial charge in [0.2, 0.25) is 0 Å². The van der Waals surface area contributed by atoms with Gasteiger partial charge in [-0.05, 0) is 41.8 Å². The predicted octanol–water partition coefficient (Wildman–Crippen LogP) is 2.80. The standard InChI is InChI=1S/C22H24ClN3O5/c1-14(2)20(25-21(28)16-7-5-8-17(23)11-16)22(29)26-24-12-15-6-4-9-18(10-15)31-13-19(27)30-3/h4-12,14,20H,13H2,1-3H3,(H,25,28)(H,26,29). The van der Waals surface area contributed by atoms with Crippen molar-refractivity contribution in [3.63, 3.8) is 0 Å². The van der Waals surface area contributed by atoms with Gasteiger partial charge in [0, 0.05) is 10.6 Å². The van der Waals surface area contributed by atoms with Crippen LogP contribution < -0.4 is 15.5 Å². The molecule has 2 rings (SSSR count). The maximum atomic E-state index is 12.5. The molecule has 2 amide bonds. The average Bonchev–Trinajstić information content (AvgIpc) is 2.75. The van der Waals surface area contributed by atoms with Crippen LogP contribution >= 0.6 is 11.6 Å². The second kappa shape index (κ2) is 11.7. The first-order valence-electron chi connectivity index (χ1n) is 9.49. The molecule has 0 spiro atoms. The van der Waals surface area contributed by atoms with Crippen molar-refractivity contribution in [2.75, 3.05) is 13.7 Å². The summed E-state index contributed by atoms with van der Waals surface area (Å²) >= 11 is 5.92. The molecule has 0 bridgehead atoms. The van der Waals surface area contributed by atoms with E-state index < -0.39 is 23.8 Å². The van der Waals surface area contributed by atoms with Gasteiger partial charge in [-0.3, -0.25) is 9.59 Å². The van der Waals surface area contributed by atoms with Gasteiger partial charge in [0.25, 0.3) is 11.8 Å². The molecule has 0 saturated heterocycles. The van der Waals surface area contributed by atoms with Crippen molar-refractivity contribution in [2.24, 2.45) is 11.0 Å². The van der Waals surface area contributed by atoms with E-state index in [1.54, 1.807) is 42.5 Å². The second-order valence-corrected chi connectivity index (χ2v) is 7.31. The first-order valence-corrected chi connectivity index (χ1v) is 9.87. The number of hydrazone groups is 1. The summed E-state index contributed by atoms with van der Waals surface area (Å²) in [6, 6.07) is 12.5. The third-order valence-corrected chi connectivity index (χ3v) is 4.39. The normalized spacial score (nSPS) is 11.8. The molecule has 0 aliphatic rings. The van der Waals surface area contributed by atoms with E-state index in [1.807, 2.05) is 13.8 Å².